The number of carboxylic acids is 2. The van der Waals surface area contributed by atoms with E-state index in [-0.39, 0.29) is 18.1 Å². The summed E-state index contributed by atoms with van der Waals surface area (Å²) in [5.41, 5.74) is 11.2. The van der Waals surface area contributed by atoms with Gasteiger partial charge in [-0.15, -0.1) is 0 Å². The number of nitrogens with one attached hydrogen (secondary N) is 3. The maximum Gasteiger partial charge on any atom is 0.326 e. The van der Waals surface area contributed by atoms with Gasteiger partial charge in [0.05, 0.1) is 12.5 Å². The highest BCUT2D eigenvalue weighted by atomic mass is 32.1. The van der Waals surface area contributed by atoms with Crippen molar-refractivity contribution in [3.8, 4) is 0 Å². The van der Waals surface area contributed by atoms with Gasteiger partial charge in [-0.1, -0.05) is 20.3 Å². The molecule has 0 aliphatic heterocycles. The highest BCUT2D eigenvalue weighted by Crippen LogP contribution is 2.07. The van der Waals surface area contributed by atoms with Crippen molar-refractivity contribution in [1.29, 1.82) is 0 Å². The summed E-state index contributed by atoms with van der Waals surface area (Å²) < 4.78 is 0. The van der Waals surface area contributed by atoms with E-state index >= 15 is 0 Å². The van der Waals surface area contributed by atoms with Crippen LogP contribution in [0.25, 0.3) is 0 Å². The first-order chi connectivity index (χ1) is 14.9. The third kappa shape index (κ3) is 11.9. The molecule has 32 heavy (non-hydrogen) atoms. The fourth-order valence-corrected chi connectivity index (χ4v) is 2.99. The van der Waals surface area contributed by atoms with Crippen LogP contribution < -0.4 is 27.4 Å². The molecule has 0 heterocycles. The Morgan fingerprint density at radius 2 is 1.41 bits per heavy atom. The fraction of sp³-hybridized carbons (Fsp3) is 0.737. The minimum absolute atomic E-state index is 0.0613. The van der Waals surface area contributed by atoms with Crippen molar-refractivity contribution >= 4 is 42.3 Å². The molecule has 0 spiro atoms. The van der Waals surface area contributed by atoms with Crippen LogP contribution >= 0.6 is 12.6 Å². The van der Waals surface area contributed by atoms with Gasteiger partial charge in [-0.25, -0.2) is 4.79 Å². The van der Waals surface area contributed by atoms with Crippen LogP contribution in [-0.4, -0.2) is 76.3 Å². The van der Waals surface area contributed by atoms with Crippen molar-refractivity contribution in [3.63, 3.8) is 0 Å². The van der Waals surface area contributed by atoms with Gasteiger partial charge in [-0.2, -0.15) is 12.6 Å². The zero-order valence-corrected chi connectivity index (χ0v) is 19.3. The SMILES string of the molecule is CC(C)CC(NC(=O)C(CS)NC(=O)C(N)CCCCN)C(=O)NC(CC(=O)O)C(=O)O. The second-order valence-corrected chi connectivity index (χ2v) is 8.19. The van der Waals surface area contributed by atoms with Crippen molar-refractivity contribution in [3.05, 3.63) is 0 Å². The molecule has 4 unspecified atom stereocenters. The first kappa shape index (κ1) is 29.6. The molecule has 0 radical (unpaired) electrons. The van der Waals surface area contributed by atoms with Crippen LogP contribution in [0.15, 0.2) is 0 Å². The molecule has 4 atom stereocenters. The second kappa shape index (κ2) is 15.4. The van der Waals surface area contributed by atoms with Crippen molar-refractivity contribution in [2.24, 2.45) is 17.4 Å². The quantitative estimate of drug-likeness (QED) is 0.0950. The highest BCUT2D eigenvalue weighted by Gasteiger charge is 2.31. The van der Waals surface area contributed by atoms with Crippen molar-refractivity contribution in [2.75, 3.05) is 12.3 Å². The van der Waals surface area contributed by atoms with Gasteiger partial charge >= 0.3 is 11.9 Å². The van der Waals surface area contributed by atoms with Crippen LogP contribution in [0.4, 0.5) is 0 Å². The van der Waals surface area contributed by atoms with E-state index in [1.165, 1.54) is 0 Å². The van der Waals surface area contributed by atoms with Crippen molar-refractivity contribution in [1.82, 2.24) is 16.0 Å². The summed E-state index contributed by atoms with van der Waals surface area (Å²) in [4.78, 5) is 59.6. The lowest BCUT2D eigenvalue weighted by Crippen LogP contribution is -2.58. The van der Waals surface area contributed by atoms with Crippen LogP contribution in [-0.2, 0) is 24.0 Å². The van der Waals surface area contributed by atoms with E-state index in [4.69, 9.17) is 21.7 Å². The number of unbranched alkanes of at least 4 members (excludes halogenated alkanes) is 1. The fourth-order valence-electron chi connectivity index (χ4n) is 2.73. The van der Waals surface area contributed by atoms with Gasteiger partial charge in [0, 0.05) is 5.75 Å². The summed E-state index contributed by atoms with van der Waals surface area (Å²) in [7, 11) is 0. The molecule has 0 aromatic heterocycles. The van der Waals surface area contributed by atoms with E-state index in [0.29, 0.717) is 25.8 Å². The van der Waals surface area contributed by atoms with E-state index in [1.807, 2.05) is 0 Å². The average Bonchev–Trinajstić information content (AvgIpc) is 2.69. The number of amides is 3. The Morgan fingerprint density at radius 1 is 0.875 bits per heavy atom. The molecule has 0 aromatic rings. The predicted octanol–water partition coefficient (Wildman–Crippen LogP) is -1.57. The minimum Gasteiger partial charge on any atom is -0.481 e. The van der Waals surface area contributed by atoms with Gasteiger partial charge < -0.3 is 37.6 Å². The van der Waals surface area contributed by atoms with Crippen LogP contribution in [0.1, 0.15) is 46.0 Å². The van der Waals surface area contributed by atoms with Crippen LogP contribution in [0.3, 0.4) is 0 Å². The largest absolute Gasteiger partial charge is 0.481 e. The smallest absolute Gasteiger partial charge is 0.326 e. The lowest BCUT2D eigenvalue weighted by molar-refractivity contribution is -0.147. The number of thiol groups is 1. The first-order valence-corrected chi connectivity index (χ1v) is 11.0. The Hall–Kier alpha value is -2.38. The lowest BCUT2D eigenvalue weighted by atomic mass is 10.0. The maximum absolute atomic E-state index is 12.7. The van der Waals surface area contributed by atoms with Crippen molar-refractivity contribution < 1.29 is 34.2 Å². The first-order valence-electron chi connectivity index (χ1n) is 10.3. The molecule has 0 fully saturated rings. The Labute approximate surface area is 192 Å². The molecule has 13 heteroatoms. The Kier molecular flexibility index (Phi) is 14.3. The molecule has 9 N–H and O–H groups in total. The van der Waals surface area contributed by atoms with Gasteiger partial charge in [0.25, 0.3) is 0 Å². The number of carbonyl (C=O) groups excluding carboxylic acids is 3. The van der Waals surface area contributed by atoms with Gasteiger partial charge in [0.2, 0.25) is 17.7 Å². The number of carboxylic acid groups (broad SMARTS) is 2. The minimum atomic E-state index is -1.65. The summed E-state index contributed by atoms with van der Waals surface area (Å²) in [6.07, 6.45) is 1.09. The topological polar surface area (TPSA) is 214 Å². The number of aliphatic carboxylic acids is 2. The molecule has 0 aromatic carbocycles. The predicted molar refractivity (Wildman–Crippen MR) is 120 cm³/mol. The Bertz CT molecular complexity index is 662. The summed E-state index contributed by atoms with van der Waals surface area (Å²) in [6, 6.07) is -4.71. The number of hydrogen-bond donors (Lipinski definition) is 8. The standard InChI is InChI=1S/C19H35N5O7S/c1-10(2)7-12(17(28)23-13(19(30)31)8-15(25)26)22-18(29)14(9-32)24-16(27)11(21)5-3-4-6-20/h10-14,32H,3-9,20-21H2,1-2H3,(H,22,29)(H,23,28)(H,24,27)(H,25,26)(H,30,31). The highest BCUT2D eigenvalue weighted by molar-refractivity contribution is 7.80. The molecule has 0 rings (SSSR count). The van der Waals surface area contributed by atoms with E-state index < -0.39 is 60.2 Å². The number of nitrogens with two attached hydrogens (primary N) is 2. The monoisotopic (exact) mass is 477 g/mol. The van der Waals surface area contributed by atoms with Crippen molar-refractivity contribution in [2.45, 2.75) is 70.1 Å². The van der Waals surface area contributed by atoms with Gasteiger partial charge in [-0.05, 0) is 31.7 Å². The molecule has 0 saturated carbocycles. The molecule has 0 aliphatic rings. The molecule has 12 nitrogen and oxygen atoms in total. The molecule has 0 aliphatic carbocycles. The third-order valence-corrected chi connectivity index (χ3v) is 4.82. The lowest BCUT2D eigenvalue weighted by Gasteiger charge is -2.25. The van der Waals surface area contributed by atoms with Crippen LogP contribution in [0.5, 0.6) is 0 Å². The third-order valence-electron chi connectivity index (χ3n) is 4.45. The maximum atomic E-state index is 12.7. The van der Waals surface area contributed by atoms with E-state index in [1.54, 1.807) is 13.8 Å². The number of rotatable bonds is 16. The second-order valence-electron chi connectivity index (χ2n) is 7.82. The molecule has 0 saturated heterocycles. The van der Waals surface area contributed by atoms with Crippen LogP contribution in [0.2, 0.25) is 0 Å². The van der Waals surface area contributed by atoms with E-state index in [2.05, 4.69) is 28.6 Å². The van der Waals surface area contributed by atoms with Gasteiger partial charge in [-0.3, -0.25) is 19.2 Å². The summed E-state index contributed by atoms with van der Waals surface area (Å²) in [6.45, 7) is 4.05. The van der Waals surface area contributed by atoms with Gasteiger partial charge in [0.1, 0.15) is 18.1 Å². The number of hydrogen-bond acceptors (Lipinski definition) is 8. The number of carbonyl (C=O) groups is 5. The summed E-state index contributed by atoms with van der Waals surface area (Å²) in [5.74, 6) is -5.14. The summed E-state index contributed by atoms with van der Waals surface area (Å²) >= 11 is 4.07. The molecular formula is C19H35N5O7S. The van der Waals surface area contributed by atoms with Crippen LogP contribution in [0, 0.1) is 5.92 Å². The van der Waals surface area contributed by atoms with Gasteiger partial charge in [0.15, 0.2) is 0 Å². The van der Waals surface area contributed by atoms with E-state index in [0.717, 1.165) is 0 Å². The molecule has 184 valence electrons. The summed E-state index contributed by atoms with van der Waals surface area (Å²) in [5, 5.41) is 25.1. The molecule has 0 bridgehead atoms. The normalized spacial score (nSPS) is 14.7. The zero-order chi connectivity index (χ0) is 24.8. The molecular weight excluding hydrogens is 442 g/mol. The zero-order valence-electron chi connectivity index (χ0n) is 18.4. The Balaban J connectivity index is 5.19. The Morgan fingerprint density at radius 3 is 1.88 bits per heavy atom. The van der Waals surface area contributed by atoms with E-state index in [9.17, 15) is 24.0 Å². The molecule has 3 amide bonds. The average molecular weight is 478 g/mol.